The molecule has 112 valence electrons. The highest BCUT2D eigenvalue weighted by Gasteiger charge is 2.12. The maximum atomic E-state index is 9.05. The third kappa shape index (κ3) is 5.63. The number of aliphatic hydroxyl groups is 2. The normalized spacial score (nSPS) is 20.8. The molecule has 4 heteroatoms. The molecule has 2 rings (SSSR count). The van der Waals surface area contributed by atoms with Crippen molar-refractivity contribution in [2.24, 2.45) is 5.92 Å². The first-order valence-electron chi connectivity index (χ1n) is 6.85. The summed E-state index contributed by atoms with van der Waals surface area (Å²) in [5.41, 5.74) is 0. The lowest BCUT2D eigenvalue weighted by Crippen LogP contribution is -2.12. The lowest BCUT2D eigenvalue weighted by Gasteiger charge is -2.18. The number of methoxy groups -OCH3 is 2. The van der Waals surface area contributed by atoms with E-state index in [1.54, 1.807) is 14.2 Å². The van der Waals surface area contributed by atoms with E-state index in [0.717, 1.165) is 30.8 Å². The Labute approximate surface area is 120 Å². The first-order valence-corrected chi connectivity index (χ1v) is 6.85. The summed E-state index contributed by atoms with van der Waals surface area (Å²) < 4.78 is 10.0. The van der Waals surface area contributed by atoms with Crippen molar-refractivity contribution in [2.45, 2.75) is 25.4 Å². The number of allylic oxidation sites excluding steroid dienone is 1. The van der Waals surface area contributed by atoms with Gasteiger partial charge in [-0.25, -0.2) is 0 Å². The molecule has 2 unspecified atom stereocenters. The molecule has 1 aromatic carbocycles. The first-order chi connectivity index (χ1) is 9.71. The van der Waals surface area contributed by atoms with Gasteiger partial charge in [-0.3, -0.25) is 0 Å². The minimum Gasteiger partial charge on any atom is -0.493 e. The summed E-state index contributed by atoms with van der Waals surface area (Å²) in [6, 6.07) is 7.53. The van der Waals surface area contributed by atoms with Crippen LogP contribution in [0, 0.1) is 5.92 Å². The lowest BCUT2D eigenvalue weighted by atomic mass is 9.92. The highest BCUT2D eigenvalue weighted by molar-refractivity contribution is 5.39. The van der Waals surface area contributed by atoms with Gasteiger partial charge in [0.05, 0.1) is 20.3 Å². The Morgan fingerprint density at radius 3 is 2.05 bits per heavy atom. The molecular formula is C16H24O4. The molecule has 1 aromatic rings. The molecule has 0 aliphatic heterocycles. The summed E-state index contributed by atoms with van der Waals surface area (Å²) >= 11 is 0. The average Bonchev–Trinajstić information content (AvgIpc) is 2.50. The zero-order chi connectivity index (χ0) is 14.8. The summed E-state index contributed by atoms with van der Waals surface area (Å²) in [6.45, 7) is 0.255. The van der Waals surface area contributed by atoms with Gasteiger partial charge in [-0.15, -0.1) is 0 Å². The second kappa shape index (κ2) is 9.39. The molecule has 1 aliphatic carbocycles. The van der Waals surface area contributed by atoms with E-state index in [2.05, 4.69) is 0 Å². The zero-order valence-corrected chi connectivity index (χ0v) is 12.2. The van der Waals surface area contributed by atoms with Gasteiger partial charge >= 0.3 is 0 Å². The molecule has 4 nitrogen and oxygen atoms in total. The van der Waals surface area contributed by atoms with Gasteiger partial charge < -0.3 is 19.7 Å². The van der Waals surface area contributed by atoms with Gasteiger partial charge in [0.2, 0.25) is 0 Å². The summed E-state index contributed by atoms with van der Waals surface area (Å²) in [7, 11) is 3.25. The summed E-state index contributed by atoms with van der Waals surface area (Å²) in [6.07, 6.45) is 6.28. The molecular weight excluding hydrogens is 256 g/mol. The second-order valence-corrected chi connectivity index (χ2v) is 4.66. The van der Waals surface area contributed by atoms with Crippen LogP contribution in [0.4, 0.5) is 0 Å². The maximum Gasteiger partial charge on any atom is 0.160 e. The first kappa shape index (κ1) is 16.5. The molecule has 0 amide bonds. The molecule has 0 saturated heterocycles. The third-order valence-electron chi connectivity index (χ3n) is 3.23. The maximum absolute atomic E-state index is 9.05. The van der Waals surface area contributed by atoms with Crippen molar-refractivity contribution in [3.63, 3.8) is 0 Å². The van der Waals surface area contributed by atoms with Crippen LogP contribution in [0.2, 0.25) is 0 Å². The molecule has 0 fully saturated rings. The van der Waals surface area contributed by atoms with Gasteiger partial charge in [-0.1, -0.05) is 24.3 Å². The lowest BCUT2D eigenvalue weighted by molar-refractivity contribution is 0.186. The molecule has 0 saturated carbocycles. The number of hydrogen-bond donors (Lipinski definition) is 2. The smallest absolute Gasteiger partial charge is 0.160 e. The van der Waals surface area contributed by atoms with Crippen molar-refractivity contribution in [3.8, 4) is 11.5 Å². The van der Waals surface area contributed by atoms with Gasteiger partial charge in [0, 0.05) is 6.61 Å². The highest BCUT2D eigenvalue weighted by Crippen LogP contribution is 2.24. The van der Waals surface area contributed by atoms with Crippen molar-refractivity contribution in [1.29, 1.82) is 0 Å². The van der Waals surface area contributed by atoms with Crippen LogP contribution in [-0.2, 0) is 0 Å². The van der Waals surface area contributed by atoms with Gasteiger partial charge in [0.25, 0.3) is 0 Å². The Hall–Kier alpha value is -1.52. The van der Waals surface area contributed by atoms with Crippen LogP contribution in [0.3, 0.4) is 0 Å². The SMILES string of the molecule is COc1ccccc1OC.OCCC1C=CC(O)CC1. The predicted molar refractivity (Wildman–Crippen MR) is 79.1 cm³/mol. The van der Waals surface area contributed by atoms with E-state index in [0.29, 0.717) is 5.92 Å². The summed E-state index contributed by atoms with van der Waals surface area (Å²) in [4.78, 5) is 0. The van der Waals surface area contributed by atoms with E-state index in [-0.39, 0.29) is 12.7 Å². The quantitative estimate of drug-likeness (QED) is 0.832. The number of para-hydroxylation sites is 2. The van der Waals surface area contributed by atoms with E-state index in [1.165, 1.54) is 0 Å². The van der Waals surface area contributed by atoms with Crippen LogP contribution in [0.5, 0.6) is 11.5 Å². The fourth-order valence-electron chi connectivity index (χ4n) is 2.06. The fourth-order valence-corrected chi connectivity index (χ4v) is 2.06. The number of benzene rings is 1. The van der Waals surface area contributed by atoms with E-state index < -0.39 is 0 Å². The van der Waals surface area contributed by atoms with E-state index >= 15 is 0 Å². The number of aliphatic hydroxyl groups excluding tert-OH is 2. The fraction of sp³-hybridized carbons (Fsp3) is 0.500. The van der Waals surface area contributed by atoms with Crippen LogP contribution in [0.15, 0.2) is 36.4 Å². The number of rotatable bonds is 4. The summed E-state index contributed by atoms with van der Waals surface area (Å²) in [5, 5.41) is 17.6. The Bertz CT molecular complexity index is 380. The number of hydrogen-bond acceptors (Lipinski definition) is 4. The Morgan fingerprint density at radius 1 is 1.05 bits per heavy atom. The Kier molecular flexibility index (Phi) is 7.77. The van der Waals surface area contributed by atoms with Crippen molar-refractivity contribution in [2.75, 3.05) is 20.8 Å². The molecule has 0 bridgehead atoms. The Balaban J connectivity index is 0.000000200. The summed E-state index contributed by atoms with van der Waals surface area (Å²) in [5.74, 6) is 2.03. The van der Waals surface area contributed by atoms with Crippen LogP contribution in [0.25, 0.3) is 0 Å². The predicted octanol–water partition coefficient (Wildman–Crippen LogP) is 2.40. The topological polar surface area (TPSA) is 58.9 Å². The van der Waals surface area contributed by atoms with E-state index in [4.69, 9.17) is 19.7 Å². The molecule has 0 spiro atoms. The molecule has 0 radical (unpaired) electrons. The van der Waals surface area contributed by atoms with E-state index in [9.17, 15) is 0 Å². The molecule has 2 N–H and O–H groups in total. The van der Waals surface area contributed by atoms with Crippen molar-refractivity contribution in [1.82, 2.24) is 0 Å². The van der Waals surface area contributed by atoms with Crippen molar-refractivity contribution in [3.05, 3.63) is 36.4 Å². The minimum absolute atomic E-state index is 0.241. The monoisotopic (exact) mass is 280 g/mol. The third-order valence-corrected chi connectivity index (χ3v) is 3.23. The molecule has 0 aromatic heterocycles. The molecule has 0 heterocycles. The Morgan fingerprint density at radius 2 is 1.65 bits per heavy atom. The van der Waals surface area contributed by atoms with E-state index in [1.807, 2.05) is 36.4 Å². The number of ether oxygens (including phenoxy) is 2. The minimum atomic E-state index is -0.241. The largest absolute Gasteiger partial charge is 0.493 e. The zero-order valence-electron chi connectivity index (χ0n) is 12.2. The molecule has 1 aliphatic rings. The van der Waals surface area contributed by atoms with Crippen LogP contribution < -0.4 is 9.47 Å². The molecule has 20 heavy (non-hydrogen) atoms. The van der Waals surface area contributed by atoms with Gasteiger partial charge in [0.15, 0.2) is 11.5 Å². The van der Waals surface area contributed by atoms with Gasteiger partial charge in [-0.05, 0) is 37.3 Å². The van der Waals surface area contributed by atoms with Gasteiger partial charge in [-0.2, -0.15) is 0 Å². The van der Waals surface area contributed by atoms with Crippen molar-refractivity contribution >= 4 is 0 Å². The second-order valence-electron chi connectivity index (χ2n) is 4.66. The van der Waals surface area contributed by atoms with Crippen molar-refractivity contribution < 1.29 is 19.7 Å². The van der Waals surface area contributed by atoms with Crippen LogP contribution >= 0.6 is 0 Å². The highest BCUT2D eigenvalue weighted by atomic mass is 16.5. The standard InChI is InChI=1S/C8H10O2.C8H14O2/c1-9-7-5-3-4-6-8(7)10-2;9-6-5-7-1-3-8(10)4-2-7/h3-6H,1-2H3;1,3,7-10H,2,4-6H2. The van der Waals surface area contributed by atoms with Gasteiger partial charge in [0.1, 0.15) is 0 Å². The van der Waals surface area contributed by atoms with Crippen LogP contribution in [-0.4, -0.2) is 37.1 Å². The average molecular weight is 280 g/mol. The molecule has 2 atom stereocenters. The van der Waals surface area contributed by atoms with Crippen LogP contribution in [0.1, 0.15) is 19.3 Å².